The molecule has 2 rings (SSSR count). The fraction of sp³-hybridized carbons (Fsp3) is 0.0769. The van der Waals surface area contributed by atoms with Crippen molar-refractivity contribution in [3.05, 3.63) is 64.9 Å². The van der Waals surface area contributed by atoms with Gasteiger partial charge < -0.3 is 0 Å². The van der Waals surface area contributed by atoms with Gasteiger partial charge in [0.1, 0.15) is 10.7 Å². The fourth-order valence-corrected chi connectivity index (χ4v) is 3.09. The summed E-state index contributed by atoms with van der Waals surface area (Å²) in [5, 5.41) is -0.138. The number of halogens is 2. The van der Waals surface area contributed by atoms with Crippen molar-refractivity contribution in [3.8, 4) is 0 Å². The minimum atomic E-state index is -3.75. The molecule has 19 heavy (non-hydrogen) atoms. The third-order valence-corrected chi connectivity index (χ3v) is 4.38. The summed E-state index contributed by atoms with van der Waals surface area (Å²) in [6.07, 6.45) is 0. The van der Waals surface area contributed by atoms with Crippen molar-refractivity contribution in [2.45, 2.75) is 11.4 Å². The van der Waals surface area contributed by atoms with Crippen LogP contribution in [-0.4, -0.2) is 8.42 Å². The Balaban J connectivity index is 2.19. The van der Waals surface area contributed by atoms with Crippen LogP contribution < -0.4 is 4.72 Å². The Hall–Kier alpha value is -1.43. The summed E-state index contributed by atoms with van der Waals surface area (Å²) in [7, 11) is -3.75. The van der Waals surface area contributed by atoms with E-state index in [-0.39, 0.29) is 16.5 Å². The van der Waals surface area contributed by atoms with Gasteiger partial charge in [-0.15, -0.1) is 0 Å². The van der Waals surface area contributed by atoms with E-state index in [2.05, 4.69) is 4.72 Å². The summed E-state index contributed by atoms with van der Waals surface area (Å²) in [5.74, 6) is -0.577. The Labute approximate surface area is 116 Å². The third-order valence-electron chi connectivity index (χ3n) is 2.49. The second-order valence-corrected chi connectivity index (χ2v) is 6.03. The van der Waals surface area contributed by atoms with Crippen molar-refractivity contribution in [3.63, 3.8) is 0 Å². The number of rotatable bonds is 4. The highest BCUT2D eigenvalue weighted by Crippen LogP contribution is 2.22. The Morgan fingerprint density at radius 2 is 1.79 bits per heavy atom. The second-order valence-electron chi connectivity index (χ2n) is 3.88. The predicted molar refractivity (Wildman–Crippen MR) is 71.9 cm³/mol. The Morgan fingerprint density at radius 1 is 1.11 bits per heavy atom. The Kier molecular flexibility index (Phi) is 4.19. The van der Waals surface area contributed by atoms with Gasteiger partial charge in [-0.05, 0) is 23.8 Å². The molecule has 0 saturated heterocycles. The number of hydrogen-bond acceptors (Lipinski definition) is 2. The molecule has 3 nitrogen and oxygen atoms in total. The van der Waals surface area contributed by atoms with E-state index in [1.807, 2.05) is 18.2 Å². The van der Waals surface area contributed by atoms with E-state index in [1.165, 1.54) is 0 Å². The van der Waals surface area contributed by atoms with E-state index in [9.17, 15) is 12.8 Å². The van der Waals surface area contributed by atoms with E-state index in [4.69, 9.17) is 11.6 Å². The molecule has 1 N–H and O–H groups in total. The van der Waals surface area contributed by atoms with Crippen LogP contribution in [0.3, 0.4) is 0 Å². The number of hydrogen-bond donors (Lipinski definition) is 1. The molecule has 0 aliphatic rings. The molecule has 0 unspecified atom stereocenters. The molecule has 2 aromatic carbocycles. The Morgan fingerprint density at radius 3 is 2.42 bits per heavy atom. The molecule has 0 aliphatic heterocycles. The lowest BCUT2D eigenvalue weighted by molar-refractivity contribution is 0.580. The Bertz CT molecular complexity index is 674. The summed E-state index contributed by atoms with van der Waals surface area (Å²) in [6.45, 7) is 0.150. The first-order chi connectivity index (χ1) is 8.99. The molecule has 0 heterocycles. The highest BCUT2D eigenvalue weighted by Gasteiger charge is 2.17. The van der Waals surface area contributed by atoms with Gasteiger partial charge in [-0.25, -0.2) is 17.5 Å². The maximum Gasteiger partial charge on any atom is 0.242 e. The zero-order valence-corrected chi connectivity index (χ0v) is 11.4. The smallest absolute Gasteiger partial charge is 0.207 e. The van der Waals surface area contributed by atoms with Gasteiger partial charge in [0.05, 0.1) is 5.02 Å². The first-order valence-electron chi connectivity index (χ1n) is 5.48. The normalized spacial score (nSPS) is 11.5. The average molecular weight is 300 g/mol. The van der Waals surface area contributed by atoms with Crippen molar-refractivity contribution < 1.29 is 12.8 Å². The van der Waals surface area contributed by atoms with E-state index in [0.29, 0.717) is 0 Å². The fourth-order valence-electron chi connectivity index (χ4n) is 1.55. The molecular weight excluding hydrogens is 289 g/mol. The highest BCUT2D eigenvalue weighted by molar-refractivity contribution is 7.89. The zero-order chi connectivity index (χ0) is 13.9. The summed E-state index contributed by atoms with van der Waals surface area (Å²) in [6, 6.07) is 12.2. The van der Waals surface area contributed by atoms with Gasteiger partial charge in [-0.1, -0.05) is 41.9 Å². The van der Waals surface area contributed by atoms with Gasteiger partial charge in [0, 0.05) is 6.54 Å². The summed E-state index contributed by atoms with van der Waals surface area (Å²) < 4.78 is 39.3. The van der Waals surface area contributed by atoms with Gasteiger partial charge in [-0.2, -0.15) is 0 Å². The van der Waals surface area contributed by atoms with Crippen molar-refractivity contribution in [2.75, 3.05) is 0 Å². The monoisotopic (exact) mass is 299 g/mol. The summed E-state index contributed by atoms with van der Waals surface area (Å²) in [4.78, 5) is -0.133. The largest absolute Gasteiger partial charge is 0.242 e. The lowest BCUT2D eigenvalue weighted by atomic mass is 10.2. The molecule has 0 bridgehead atoms. The van der Waals surface area contributed by atoms with Crippen LogP contribution in [0, 0.1) is 5.82 Å². The van der Waals surface area contributed by atoms with Crippen LogP contribution >= 0.6 is 11.6 Å². The molecule has 0 radical (unpaired) electrons. The minimum Gasteiger partial charge on any atom is -0.207 e. The zero-order valence-electron chi connectivity index (χ0n) is 9.81. The van der Waals surface area contributed by atoms with E-state index in [1.54, 1.807) is 12.1 Å². The van der Waals surface area contributed by atoms with Gasteiger partial charge in [-0.3, -0.25) is 0 Å². The van der Waals surface area contributed by atoms with Crippen LogP contribution in [0.4, 0.5) is 4.39 Å². The lowest BCUT2D eigenvalue weighted by Gasteiger charge is -2.08. The van der Waals surface area contributed by atoms with Crippen LogP contribution in [0.15, 0.2) is 53.4 Å². The van der Waals surface area contributed by atoms with Crippen LogP contribution in [0.25, 0.3) is 0 Å². The molecule has 0 saturated carbocycles. The highest BCUT2D eigenvalue weighted by atomic mass is 35.5. The number of nitrogens with one attached hydrogen (secondary N) is 1. The van der Waals surface area contributed by atoms with Crippen molar-refractivity contribution in [1.82, 2.24) is 4.72 Å². The topological polar surface area (TPSA) is 46.2 Å². The molecule has 0 aromatic heterocycles. The van der Waals surface area contributed by atoms with Gasteiger partial charge in [0.2, 0.25) is 10.0 Å². The molecule has 0 spiro atoms. The molecule has 0 fully saturated rings. The molecular formula is C13H11ClFNO2S. The van der Waals surface area contributed by atoms with Gasteiger partial charge in [0.25, 0.3) is 0 Å². The van der Waals surface area contributed by atoms with Crippen molar-refractivity contribution >= 4 is 21.6 Å². The summed E-state index contributed by atoms with van der Waals surface area (Å²) >= 11 is 5.74. The molecule has 0 atom stereocenters. The standard InChI is InChI=1S/C13H11ClFNO2S/c14-12-8-11(15)6-7-13(12)19(17,18)16-9-10-4-2-1-3-5-10/h1-8,16H,9H2. The summed E-state index contributed by atoms with van der Waals surface area (Å²) in [5.41, 5.74) is 0.823. The maximum absolute atomic E-state index is 12.9. The minimum absolute atomic E-state index is 0.133. The predicted octanol–water partition coefficient (Wildman–Crippen LogP) is 2.96. The lowest BCUT2D eigenvalue weighted by Crippen LogP contribution is -2.23. The molecule has 0 amide bonds. The van der Waals surface area contributed by atoms with Crippen molar-refractivity contribution in [2.24, 2.45) is 0 Å². The molecule has 2 aromatic rings. The molecule has 6 heteroatoms. The van der Waals surface area contributed by atoms with Gasteiger partial charge in [0.15, 0.2) is 0 Å². The van der Waals surface area contributed by atoms with Crippen LogP contribution in [-0.2, 0) is 16.6 Å². The average Bonchev–Trinajstić information content (AvgIpc) is 2.37. The van der Waals surface area contributed by atoms with E-state index < -0.39 is 15.8 Å². The first kappa shape index (κ1) is 14.0. The number of benzene rings is 2. The SMILES string of the molecule is O=S(=O)(NCc1ccccc1)c1ccc(F)cc1Cl. The van der Waals surface area contributed by atoms with Crippen LogP contribution in [0.5, 0.6) is 0 Å². The van der Waals surface area contributed by atoms with Crippen LogP contribution in [0.2, 0.25) is 5.02 Å². The number of sulfonamides is 1. The molecule has 0 aliphatic carbocycles. The first-order valence-corrected chi connectivity index (χ1v) is 7.34. The third kappa shape index (κ3) is 3.53. The van der Waals surface area contributed by atoms with Crippen molar-refractivity contribution in [1.29, 1.82) is 0 Å². The molecule has 100 valence electrons. The quantitative estimate of drug-likeness (QED) is 0.943. The second kappa shape index (κ2) is 5.69. The van der Waals surface area contributed by atoms with Crippen LogP contribution in [0.1, 0.15) is 5.56 Å². The van der Waals surface area contributed by atoms with Gasteiger partial charge >= 0.3 is 0 Å². The van der Waals surface area contributed by atoms with E-state index >= 15 is 0 Å². The van der Waals surface area contributed by atoms with E-state index in [0.717, 1.165) is 23.8 Å². The maximum atomic E-state index is 12.9.